The summed E-state index contributed by atoms with van der Waals surface area (Å²) >= 11 is 1.73. The number of hydrogen-bond donors (Lipinski definition) is 0. The Hall–Kier alpha value is -3.06. The molecule has 0 unspecified atom stereocenters. The first-order chi connectivity index (χ1) is 16.9. The molecule has 0 radical (unpaired) electrons. The van der Waals surface area contributed by atoms with Crippen molar-refractivity contribution in [1.29, 1.82) is 0 Å². The Morgan fingerprint density at radius 2 is 1.89 bits per heavy atom. The standard InChI is InChI=1S/C28H26FN3O2S/c1-16-10-21-11-19(5-7-24(21)35-16)22-6-4-20(12-23(22)29)25-30-28(8-9-28)27(34)32(25)15-17-13-31(14-17)26(33)18-2-3-18/h4-7,10-12,17-18H,2-3,8-9,13-15H2,1H3. The average Bonchev–Trinajstić information content (AvgIpc) is 3.72. The van der Waals surface area contributed by atoms with E-state index in [4.69, 9.17) is 4.99 Å². The molecule has 178 valence electrons. The van der Waals surface area contributed by atoms with Crippen molar-refractivity contribution in [2.24, 2.45) is 16.8 Å². The van der Waals surface area contributed by atoms with Gasteiger partial charge in [-0.3, -0.25) is 19.5 Å². The van der Waals surface area contributed by atoms with Gasteiger partial charge in [0.2, 0.25) is 5.91 Å². The Bertz CT molecular complexity index is 1430. The van der Waals surface area contributed by atoms with Crippen LogP contribution in [0.25, 0.3) is 21.2 Å². The molecule has 3 heterocycles. The lowest BCUT2D eigenvalue weighted by molar-refractivity contribution is -0.139. The smallest absolute Gasteiger partial charge is 0.256 e. The third-order valence-corrected chi connectivity index (χ3v) is 8.79. The van der Waals surface area contributed by atoms with E-state index in [1.165, 1.54) is 15.6 Å². The van der Waals surface area contributed by atoms with E-state index < -0.39 is 5.54 Å². The van der Waals surface area contributed by atoms with Crippen molar-refractivity contribution in [2.45, 2.75) is 38.1 Å². The molecule has 1 aromatic heterocycles. The molecule has 0 N–H and O–H groups in total. The van der Waals surface area contributed by atoms with E-state index in [2.05, 4.69) is 13.0 Å². The van der Waals surface area contributed by atoms with Gasteiger partial charge in [0.15, 0.2) is 0 Å². The molecule has 35 heavy (non-hydrogen) atoms. The highest BCUT2D eigenvalue weighted by Gasteiger charge is 2.58. The Morgan fingerprint density at radius 1 is 1.11 bits per heavy atom. The van der Waals surface area contributed by atoms with Crippen molar-refractivity contribution in [3.05, 3.63) is 58.7 Å². The number of halogens is 1. The number of amides is 2. The second kappa shape index (κ2) is 7.47. The fourth-order valence-electron chi connectivity index (χ4n) is 5.44. The zero-order valence-electron chi connectivity index (χ0n) is 19.6. The number of thiophene rings is 1. The van der Waals surface area contributed by atoms with Gasteiger partial charge in [-0.2, -0.15) is 0 Å². The quantitative estimate of drug-likeness (QED) is 0.508. The van der Waals surface area contributed by atoms with Gasteiger partial charge < -0.3 is 4.90 Å². The topological polar surface area (TPSA) is 53.0 Å². The third-order valence-electron chi connectivity index (χ3n) is 7.76. The molecule has 7 heteroatoms. The minimum absolute atomic E-state index is 0.0298. The Balaban J connectivity index is 1.14. The monoisotopic (exact) mass is 487 g/mol. The predicted molar refractivity (Wildman–Crippen MR) is 135 cm³/mol. The lowest BCUT2D eigenvalue weighted by atomic mass is 9.97. The summed E-state index contributed by atoms with van der Waals surface area (Å²) in [6.07, 6.45) is 3.52. The summed E-state index contributed by atoms with van der Waals surface area (Å²) in [6, 6.07) is 13.4. The Morgan fingerprint density at radius 3 is 2.60 bits per heavy atom. The SMILES string of the molecule is Cc1cc2cc(-c3ccc(C4=NC5(CC5)C(=O)N4CC4CN(C(=O)C5CC5)C4)cc3F)ccc2s1. The first-order valence-electron chi connectivity index (χ1n) is 12.4. The minimum Gasteiger partial charge on any atom is -0.342 e. The van der Waals surface area contributed by atoms with Crippen LogP contribution in [-0.4, -0.2) is 52.6 Å². The molecule has 3 aromatic rings. The number of likely N-dealkylation sites (tertiary alicyclic amines) is 1. The van der Waals surface area contributed by atoms with Crippen molar-refractivity contribution in [1.82, 2.24) is 9.80 Å². The molecule has 0 atom stereocenters. The fourth-order valence-corrected chi connectivity index (χ4v) is 6.34. The normalized spacial score (nSPS) is 21.1. The van der Waals surface area contributed by atoms with E-state index in [1.54, 1.807) is 22.3 Å². The van der Waals surface area contributed by atoms with Crippen LogP contribution in [0, 0.1) is 24.6 Å². The lowest BCUT2D eigenvalue weighted by Gasteiger charge is -2.41. The second-order valence-electron chi connectivity index (χ2n) is 10.6. The zero-order valence-corrected chi connectivity index (χ0v) is 20.4. The van der Waals surface area contributed by atoms with Gasteiger partial charge >= 0.3 is 0 Å². The van der Waals surface area contributed by atoms with Crippen LogP contribution in [0.1, 0.15) is 36.1 Å². The highest BCUT2D eigenvalue weighted by atomic mass is 32.1. The average molecular weight is 488 g/mol. The number of carbonyl (C=O) groups excluding carboxylic acids is 2. The van der Waals surface area contributed by atoms with E-state index >= 15 is 4.39 Å². The highest BCUT2D eigenvalue weighted by Crippen LogP contribution is 2.46. The summed E-state index contributed by atoms with van der Waals surface area (Å²) < 4.78 is 16.6. The van der Waals surface area contributed by atoms with Gasteiger partial charge in [-0.05, 0) is 67.8 Å². The number of fused-ring (bicyclic) bond motifs is 1. The van der Waals surface area contributed by atoms with Crippen LogP contribution in [0.4, 0.5) is 4.39 Å². The van der Waals surface area contributed by atoms with E-state index in [-0.39, 0.29) is 29.5 Å². The maximum atomic E-state index is 15.4. The summed E-state index contributed by atoms with van der Waals surface area (Å²) in [6.45, 7) is 3.99. The fraction of sp³-hybridized carbons (Fsp3) is 0.393. The Labute approximate surface area is 207 Å². The van der Waals surface area contributed by atoms with Crippen LogP contribution in [-0.2, 0) is 9.59 Å². The molecule has 2 aromatic carbocycles. The number of amidine groups is 1. The molecular formula is C28H26FN3O2S. The minimum atomic E-state index is -0.639. The number of nitrogens with zero attached hydrogens (tertiary/aromatic N) is 3. The van der Waals surface area contributed by atoms with Crippen LogP contribution < -0.4 is 0 Å². The number of hydrogen-bond acceptors (Lipinski definition) is 4. The summed E-state index contributed by atoms with van der Waals surface area (Å²) in [5.41, 5.74) is 1.39. The molecule has 2 aliphatic carbocycles. The molecule has 1 spiro atoms. The number of benzene rings is 2. The van der Waals surface area contributed by atoms with Crippen molar-refractivity contribution in [3.63, 3.8) is 0 Å². The summed E-state index contributed by atoms with van der Waals surface area (Å²) in [5, 5.41) is 1.12. The first kappa shape index (κ1) is 21.2. The van der Waals surface area contributed by atoms with Gasteiger partial charge in [-0.15, -0.1) is 11.3 Å². The van der Waals surface area contributed by atoms with Gasteiger partial charge in [0.1, 0.15) is 17.2 Å². The number of aliphatic imine (C=N–C) groups is 1. The first-order valence-corrected chi connectivity index (χ1v) is 13.2. The van der Waals surface area contributed by atoms with E-state index in [1.807, 2.05) is 29.2 Å². The van der Waals surface area contributed by atoms with Gasteiger partial charge in [-0.1, -0.05) is 18.2 Å². The molecule has 2 amide bonds. The van der Waals surface area contributed by atoms with Crippen LogP contribution in [0.5, 0.6) is 0 Å². The summed E-state index contributed by atoms with van der Waals surface area (Å²) in [4.78, 5) is 35.2. The summed E-state index contributed by atoms with van der Waals surface area (Å²) in [7, 11) is 0. The highest BCUT2D eigenvalue weighted by molar-refractivity contribution is 7.19. The predicted octanol–water partition coefficient (Wildman–Crippen LogP) is 5.01. The second-order valence-corrected chi connectivity index (χ2v) is 11.9. The maximum Gasteiger partial charge on any atom is 0.256 e. The van der Waals surface area contributed by atoms with E-state index in [9.17, 15) is 9.59 Å². The van der Waals surface area contributed by atoms with Crippen molar-refractivity contribution >= 4 is 39.1 Å². The summed E-state index contributed by atoms with van der Waals surface area (Å²) in [5.74, 6) is 1.02. The molecule has 2 aliphatic heterocycles. The van der Waals surface area contributed by atoms with Crippen molar-refractivity contribution in [3.8, 4) is 11.1 Å². The lowest BCUT2D eigenvalue weighted by Crippen LogP contribution is -2.55. The van der Waals surface area contributed by atoms with Crippen LogP contribution >= 0.6 is 11.3 Å². The molecule has 0 bridgehead atoms. The van der Waals surface area contributed by atoms with Crippen molar-refractivity contribution in [2.75, 3.05) is 19.6 Å². The number of carbonyl (C=O) groups is 2. The van der Waals surface area contributed by atoms with Gasteiger partial charge in [0.05, 0.1) is 0 Å². The zero-order chi connectivity index (χ0) is 23.9. The van der Waals surface area contributed by atoms with Gasteiger partial charge in [0, 0.05) is 52.2 Å². The molecule has 4 aliphatic rings. The molecule has 2 saturated carbocycles. The van der Waals surface area contributed by atoms with Gasteiger partial charge in [-0.25, -0.2) is 4.39 Å². The van der Waals surface area contributed by atoms with Crippen molar-refractivity contribution < 1.29 is 14.0 Å². The van der Waals surface area contributed by atoms with Crippen LogP contribution in [0.2, 0.25) is 0 Å². The molecule has 1 saturated heterocycles. The third kappa shape index (κ3) is 3.51. The molecule has 5 nitrogen and oxygen atoms in total. The number of rotatable bonds is 5. The maximum absolute atomic E-state index is 15.4. The van der Waals surface area contributed by atoms with Crippen LogP contribution in [0.3, 0.4) is 0 Å². The van der Waals surface area contributed by atoms with Crippen LogP contribution in [0.15, 0.2) is 47.5 Å². The molecule has 7 rings (SSSR count). The van der Waals surface area contributed by atoms with E-state index in [0.29, 0.717) is 36.6 Å². The number of aryl methyl sites for hydroxylation is 1. The largest absolute Gasteiger partial charge is 0.342 e. The Kier molecular flexibility index (Phi) is 4.53. The van der Waals surface area contributed by atoms with E-state index in [0.717, 1.165) is 36.6 Å². The molecule has 3 fully saturated rings. The molecular weight excluding hydrogens is 461 g/mol. The van der Waals surface area contributed by atoms with Gasteiger partial charge in [0.25, 0.3) is 5.91 Å².